The molecular formula is C24H20Cl2N2O5S2. The molecule has 0 saturated heterocycles. The van der Waals surface area contributed by atoms with Crippen molar-refractivity contribution in [1.82, 2.24) is 9.29 Å². The topological polar surface area (TPSA) is 94.5 Å². The number of hydrogen-bond donors (Lipinski definition) is 1. The second-order valence-corrected chi connectivity index (χ2v) is 11.8. The van der Waals surface area contributed by atoms with Crippen molar-refractivity contribution in [3.05, 3.63) is 80.8 Å². The Balaban J connectivity index is 1.67. The average Bonchev–Trinajstić information content (AvgIpc) is 3.39. The van der Waals surface area contributed by atoms with Gasteiger partial charge in [-0.1, -0.05) is 23.2 Å². The standard InChI is InChI=1S/C24H20Cl2N2O5S2/c1-14-18-13-17(33-2)7-8-20(18)28(24(30)15-3-5-16(25)6-4-15)19(14)9-11-22(29)27-35(31,32)23-12-10-21(26)34-23/h3-8,10,12-13H,9,11H2,1-2H3,(H,27,29). The summed E-state index contributed by atoms with van der Waals surface area (Å²) < 4.78 is 34.1. The van der Waals surface area contributed by atoms with E-state index in [4.69, 9.17) is 27.9 Å². The fraction of sp³-hybridized carbons (Fsp3) is 0.167. The van der Waals surface area contributed by atoms with Crippen LogP contribution >= 0.6 is 34.5 Å². The van der Waals surface area contributed by atoms with Gasteiger partial charge in [-0.25, -0.2) is 13.1 Å². The summed E-state index contributed by atoms with van der Waals surface area (Å²) in [5.41, 5.74) is 2.46. The molecule has 4 aromatic rings. The summed E-state index contributed by atoms with van der Waals surface area (Å²) >= 11 is 12.7. The van der Waals surface area contributed by atoms with Crippen molar-refractivity contribution in [2.45, 2.75) is 24.0 Å². The molecule has 0 aliphatic carbocycles. The highest BCUT2D eigenvalue weighted by molar-refractivity contribution is 7.92. The van der Waals surface area contributed by atoms with Crippen LogP contribution in [0.1, 0.15) is 28.0 Å². The molecule has 182 valence electrons. The number of hydrogen-bond acceptors (Lipinski definition) is 6. The van der Waals surface area contributed by atoms with E-state index in [1.807, 2.05) is 13.0 Å². The van der Waals surface area contributed by atoms with Crippen LogP contribution in [-0.4, -0.2) is 31.9 Å². The van der Waals surface area contributed by atoms with E-state index in [-0.39, 0.29) is 23.0 Å². The number of aryl methyl sites for hydroxylation is 1. The number of ether oxygens (including phenoxy) is 1. The van der Waals surface area contributed by atoms with Crippen molar-refractivity contribution >= 4 is 67.3 Å². The smallest absolute Gasteiger partial charge is 0.273 e. The molecule has 2 heterocycles. The zero-order valence-corrected chi connectivity index (χ0v) is 21.8. The average molecular weight is 551 g/mol. The summed E-state index contributed by atoms with van der Waals surface area (Å²) in [6.45, 7) is 1.85. The zero-order chi connectivity index (χ0) is 25.3. The lowest BCUT2D eigenvalue weighted by Gasteiger charge is -2.11. The maximum atomic E-state index is 13.5. The number of thiophene rings is 1. The monoisotopic (exact) mass is 550 g/mol. The highest BCUT2D eigenvalue weighted by atomic mass is 35.5. The molecule has 0 aliphatic rings. The molecule has 0 radical (unpaired) electrons. The van der Waals surface area contributed by atoms with Crippen LogP contribution in [0.15, 0.2) is 58.8 Å². The van der Waals surface area contributed by atoms with Crippen LogP contribution < -0.4 is 9.46 Å². The fourth-order valence-electron chi connectivity index (χ4n) is 3.78. The Hall–Kier alpha value is -2.85. The number of halogens is 2. The van der Waals surface area contributed by atoms with Gasteiger partial charge in [0.25, 0.3) is 15.9 Å². The first-order valence-electron chi connectivity index (χ1n) is 10.4. The predicted octanol–water partition coefficient (Wildman–Crippen LogP) is 5.45. The van der Waals surface area contributed by atoms with E-state index in [9.17, 15) is 18.0 Å². The van der Waals surface area contributed by atoms with E-state index in [1.165, 1.54) is 12.1 Å². The third kappa shape index (κ3) is 5.23. The highest BCUT2D eigenvalue weighted by Gasteiger charge is 2.24. The molecule has 11 heteroatoms. The number of benzene rings is 2. The lowest BCUT2D eigenvalue weighted by Crippen LogP contribution is -2.30. The van der Waals surface area contributed by atoms with Crippen LogP contribution in [0.25, 0.3) is 10.9 Å². The summed E-state index contributed by atoms with van der Waals surface area (Å²) in [4.78, 5) is 26.1. The summed E-state index contributed by atoms with van der Waals surface area (Å²) in [5, 5.41) is 1.30. The van der Waals surface area contributed by atoms with E-state index in [0.717, 1.165) is 22.3 Å². The number of carbonyl (C=O) groups excluding carboxylic acids is 2. The maximum absolute atomic E-state index is 13.5. The minimum Gasteiger partial charge on any atom is -0.497 e. The molecule has 2 aromatic carbocycles. The van der Waals surface area contributed by atoms with Crippen LogP contribution in [-0.2, 0) is 21.2 Å². The first-order chi connectivity index (χ1) is 16.6. The normalized spacial score (nSPS) is 11.5. The van der Waals surface area contributed by atoms with E-state index in [0.29, 0.717) is 31.9 Å². The molecule has 0 fully saturated rings. The number of fused-ring (bicyclic) bond motifs is 1. The van der Waals surface area contributed by atoms with Gasteiger partial charge in [-0.2, -0.15) is 0 Å². The minimum absolute atomic E-state index is 0.0499. The molecule has 0 atom stereocenters. The van der Waals surface area contributed by atoms with Crippen LogP contribution in [0.4, 0.5) is 0 Å². The van der Waals surface area contributed by atoms with Gasteiger partial charge < -0.3 is 4.74 Å². The maximum Gasteiger partial charge on any atom is 0.273 e. The van der Waals surface area contributed by atoms with E-state index in [1.54, 1.807) is 48.1 Å². The Morgan fingerprint density at radius 1 is 1.06 bits per heavy atom. The number of carbonyl (C=O) groups is 2. The number of rotatable bonds is 7. The van der Waals surface area contributed by atoms with Crippen molar-refractivity contribution in [2.75, 3.05) is 7.11 Å². The fourth-order valence-corrected chi connectivity index (χ4v) is 6.41. The molecule has 0 spiro atoms. The van der Waals surface area contributed by atoms with E-state index in [2.05, 4.69) is 4.72 Å². The number of nitrogens with zero attached hydrogens (tertiary/aromatic N) is 1. The van der Waals surface area contributed by atoms with Crippen molar-refractivity contribution in [3.63, 3.8) is 0 Å². The SMILES string of the molecule is COc1ccc2c(c1)c(C)c(CCC(=O)NS(=O)(=O)c1ccc(Cl)s1)n2C(=O)c1ccc(Cl)cc1. The number of aromatic nitrogens is 1. The summed E-state index contributed by atoms with van der Waals surface area (Å²) in [5.74, 6) is -0.356. The molecular weight excluding hydrogens is 531 g/mol. The first kappa shape index (κ1) is 25.2. The minimum atomic E-state index is -4.03. The summed E-state index contributed by atoms with van der Waals surface area (Å²) in [6.07, 6.45) is -0.0186. The van der Waals surface area contributed by atoms with Crippen molar-refractivity contribution in [3.8, 4) is 5.75 Å². The third-order valence-electron chi connectivity index (χ3n) is 5.50. The van der Waals surface area contributed by atoms with Gasteiger partial charge in [0.1, 0.15) is 9.96 Å². The van der Waals surface area contributed by atoms with Gasteiger partial charge in [-0.15, -0.1) is 11.3 Å². The molecule has 0 aliphatic heterocycles. The molecule has 0 unspecified atom stereocenters. The second-order valence-electron chi connectivity index (χ2n) is 7.69. The summed E-state index contributed by atoms with van der Waals surface area (Å²) in [6, 6.07) is 14.7. The molecule has 0 saturated carbocycles. The van der Waals surface area contributed by atoms with E-state index < -0.39 is 15.9 Å². The quantitative estimate of drug-likeness (QED) is 0.330. The molecule has 7 nitrogen and oxygen atoms in total. The number of sulfonamides is 1. The third-order valence-corrected chi connectivity index (χ3v) is 8.84. The number of methoxy groups -OCH3 is 1. The molecule has 1 N–H and O–H groups in total. The van der Waals surface area contributed by atoms with Gasteiger partial charge in [-0.3, -0.25) is 14.2 Å². The lowest BCUT2D eigenvalue weighted by atomic mass is 10.1. The second kappa shape index (κ2) is 10.0. The number of amides is 1. The molecule has 2 aromatic heterocycles. The number of nitrogens with one attached hydrogen (secondary N) is 1. The highest BCUT2D eigenvalue weighted by Crippen LogP contribution is 2.31. The molecule has 35 heavy (non-hydrogen) atoms. The Morgan fingerprint density at radius 3 is 2.40 bits per heavy atom. The Kier molecular flexibility index (Phi) is 7.23. The summed E-state index contributed by atoms with van der Waals surface area (Å²) in [7, 11) is -2.47. The van der Waals surface area contributed by atoms with Gasteiger partial charge in [0, 0.05) is 28.1 Å². The largest absolute Gasteiger partial charge is 0.497 e. The molecule has 0 bridgehead atoms. The molecule has 4 rings (SSSR count). The van der Waals surface area contributed by atoms with Gasteiger partial charge in [0.15, 0.2) is 0 Å². The first-order valence-corrected chi connectivity index (χ1v) is 13.5. The van der Waals surface area contributed by atoms with Gasteiger partial charge in [-0.05, 0) is 73.5 Å². The van der Waals surface area contributed by atoms with Crippen molar-refractivity contribution in [1.29, 1.82) is 0 Å². The Morgan fingerprint density at radius 2 is 1.77 bits per heavy atom. The van der Waals surface area contributed by atoms with E-state index >= 15 is 0 Å². The predicted molar refractivity (Wildman–Crippen MR) is 137 cm³/mol. The van der Waals surface area contributed by atoms with Crippen LogP contribution in [0.3, 0.4) is 0 Å². The zero-order valence-electron chi connectivity index (χ0n) is 18.7. The Labute approximate surface area is 216 Å². The van der Waals surface area contributed by atoms with Gasteiger partial charge >= 0.3 is 0 Å². The molecule has 1 amide bonds. The lowest BCUT2D eigenvalue weighted by molar-refractivity contribution is -0.119. The Bertz CT molecular complexity index is 1540. The van der Waals surface area contributed by atoms with Crippen molar-refractivity contribution in [2.24, 2.45) is 0 Å². The van der Waals surface area contributed by atoms with Crippen LogP contribution in [0, 0.1) is 6.92 Å². The van der Waals surface area contributed by atoms with Crippen LogP contribution in [0.5, 0.6) is 5.75 Å². The van der Waals surface area contributed by atoms with Crippen LogP contribution in [0.2, 0.25) is 9.36 Å². The van der Waals surface area contributed by atoms with Crippen molar-refractivity contribution < 1.29 is 22.7 Å². The van der Waals surface area contributed by atoms with Gasteiger partial charge in [0.05, 0.1) is 17.0 Å². The van der Waals surface area contributed by atoms with Gasteiger partial charge in [0.2, 0.25) is 5.91 Å².